The summed E-state index contributed by atoms with van der Waals surface area (Å²) in [5.41, 5.74) is -5.39. The van der Waals surface area contributed by atoms with Gasteiger partial charge in [-0.25, -0.2) is 0 Å². The van der Waals surface area contributed by atoms with Gasteiger partial charge in [0.05, 0.1) is 35.6 Å². The zero-order valence-electron chi connectivity index (χ0n) is 47.4. The molecule has 0 N–H and O–H groups in total. The molecule has 0 saturated carbocycles. The van der Waals surface area contributed by atoms with Gasteiger partial charge in [-0.1, -0.05) is 133 Å². The standard InChI is InChI=1S/C42H26O/c1-2-11-27(12-3-1)29-22-24-39-38(25-29)32-23-21-30(26-40(32)43-39)41-34-16-6-8-18-36(34)42(37-19-9-7-17-35(37)41)33-20-10-14-28-13-4-5-15-31(28)33/h1-26H/i1D,2D,3D,4D,5D,6D,7D,8D,9D,10D,11D,12D,13D,14D,15D,16D,17D,18D,19D,20D,21D,22D,23D,24D,25D,26D. The number of hydrogen-bond donors (Lipinski definition) is 0. The van der Waals surface area contributed by atoms with E-state index in [0.29, 0.717) is 0 Å². The third-order valence-corrected chi connectivity index (χ3v) is 6.95. The van der Waals surface area contributed by atoms with Gasteiger partial charge >= 0.3 is 0 Å². The highest BCUT2D eigenvalue weighted by atomic mass is 16.3. The van der Waals surface area contributed by atoms with Crippen LogP contribution >= 0.6 is 0 Å². The average Bonchev–Trinajstić information content (AvgIpc) is 3.74. The van der Waals surface area contributed by atoms with Crippen molar-refractivity contribution in [3.05, 3.63) is 157 Å². The molecular weight excluding hydrogens is 520 g/mol. The Morgan fingerprint density at radius 3 is 1.70 bits per heavy atom. The lowest BCUT2D eigenvalue weighted by Crippen LogP contribution is -1.91. The third-order valence-electron chi connectivity index (χ3n) is 6.95. The minimum atomic E-state index is -0.983. The Balaban J connectivity index is 1.57. The summed E-state index contributed by atoms with van der Waals surface area (Å²) in [6.45, 7) is 0. The summed E-state index contributed by atoms with van der Waals surface area (Å²) < 4.78 is 237. The van der Waals surface area contributed by atoms with Gasteiger partial charge in [0.1, 0.15) is 11.2 Å². The minimum Gasteiger partial charge on any atom is -0.456 e. The number of fused-ring (bicyclic) bond motifs is 6. The third kappa shape index (κ3) is 3.72. The fourth-order valence-corrected chi connectivity index (χ4v) is 5.14. The van der Waals surface area contributed by atoms with Crippen molar-refractivity contribution >= 4 is 54.3 Å². The van der Waals surface area contributed by atoms with Crippen LogP contribution in [0.25, 0.3) is 87.6 Å². The Morgan fingerprint density at radius 1 is 0.349 bits per heavy atom. The van der Waals surface area contributed by atoms with Crippen LogP contribution in [0.15, 0.2) is 162 Å². The monoisotopic (exact) mass is 572 g/mol. The van der Waals surface area contributed by atoms with E-state index in [1.807, 2.05) is 0 Å². The SMILES string of the molecule is [2H]c1c([2H])c([2H])c(-c2c([2H])c([2H])c3oc4c([2H])c(-c5c6c([2H])c([2H])c([2H])c([2H])c6c(-c6c([2H])c([2H])c([2H])c7c([2H])c([2H])c([2H])c([2H])c67)c6c([2H])c([2H])c([2H])c([2H])c56)c([2H])c([2H])c4c3c2[2H])c([2H])c1[2H]. The topological polar surface area (TPSA) is 13.1 Å². The van der Waals surface area contributed by atoms with Crippen LogP contribution in [0.1, 0.15) is 35.6 Å². The number of furan rings is 1. The van der Waals surface area contributed by atoms with Gasteiger partial charge in [-0.15, -0.1) is 0 Å². The molecule has 200 valence electrons. The Labute approximate surface area is 285 Å². The molecular formula is C42H26O. The number of hydrogen-bond acceptors (Lipinski definition) is 1. The first-order valence-corrected chi connectivity index (χ1v) is 12.7. The predicted molar refractivity (Wildman–Crippen MR) is 183 cm³/mol. The highest BCUT2D eigenvalue weighted by molar-refractivity contribution is 6.24. The van der Waals surface area contributed by atoms with E-state index < -0.39 is 245 Å². The molecule has 0 amide bonds. The smallest absolute Gasteiger partial charge is 0.136 e. The number of benzene rings is 8. The predicted octanol–water partition coefficient (Wildman–Crippen LogP) is 12.0. The van der Waals surface area contributed by atoms with Crippen LogP contribution in [-0.2, 0) is 0 Å². The second kappa shape index (κ2) is 9.44. The molecule has 1 heterocycles. The minimum absolute atomic E-state index is 0.497. The molecule has 1 heteroatoms. The second-order valence-electron chi connectivity index (χ2n) is 9.26. The highest BCUT2D eigenvalue weighted by Crippen LogP contribution is 2.46. The molecule has 0 bridgehead atoms. The molecule has 8 aromatic carbocycles. The first-order chi connectivity index (χ1) is 32.2. The summed E-state index contributed by atoms with van der Waals surface area (Å²) in [6, 6.07) is -23.2. The van der Waals surface area contributed by atoms with E-state index in [9.17, 15) is 12.3 Å². The van der Waals surface area contributed by atoms with Gasteiger partial charge in [0.2, 0.25) is 0 Å². The molecule has 0 unspecified atom stereocenters. The van der Waals surface area contributed by atoms with Crippen LogP contribution in [-0.4, -0.2) is 0 Å². The molecule has 0 spiro atoms. The second-order valence-corrected chi connectivity index (χ2v) is 9.26. The number of rotatable bonds is 3. The molecule has 0 aliphatic carbocycles. The van der Waals surface area contributed by atoms with Gasteiger partial charge in [-0.05, 0) is 89.9 Å². The Bertz CT molecular complexity index is 3850. The van der Waals surface area contributed by atoms with Gasteiger partial charge in [0.15, 0.2) is 0 Å². The van der Waals surface area contributed by atoms with Crippen LogP contribution in [0, 0.1) is 0 Å². The van der Waals surface area contributed by atoms with E-state index in [2.05, 4.69) is 0 Å². The average molecular weight is 573 g/mol. The quantitative estimate of drug-likeness (QED) is 0.192. The molecule has 0 aliphatic rings. The van der Waals surface area contributed by atoms with Crippen molar-refractivity contribution in [2.45, 2.75) is 0 Å². The maximum Gasteiger partial charge on any atom is 0.136 e. The van der Waals surface area contributed by atoms with Crippen molar-refractivity contribution in [1.29, 1.82) is 0 Å². The molecule has 0 saturated heterocycles. The van der Waals surface area contributed by atoms with Gasteiger partial charge in [0.25, 0.3) is 0 Å². The van der Waals surface area contributed by atoms with Crippen LogP contribution < -0.4 is 0 Å². The molecule has 0 aliphatic heterocycles. The highest BCUT2D eigenvalue weighted by Gasteiger charge is 2.19. The maximum absolute atomic E-state index is 9.66. The largest absolute Gasteiger partial charge is 0.456 e. The summed E-state index contributed by atoms with van der Waals surface area (Å²) in [5.74, 6) is 0. The molecule has 9 aromatic rings. The summed E-state index contributed by atoms with van der Waals surface area (Å²) >= 11 is 0. The lowest BCUT2D eigenvalue weighted by Gasteiger charge is -2.18. The van der Waals surface area contributed by atoms with Crippen LogP contribution in [0.4, 0.5) is 0 Å². The lowest BCUT2D eigenvalue weighted by molar-refractivity contribution is 0.669. The van der Waals surface area contributed by atoms with Crippen molar-refractivity contribution in [2.24, 2.45) is 0 Å². The van der Waals surface area contributed by atoms with E-state index in [-0.39, 0.29) is 0 Å². The Kier molecular flexibility index (Phi) is 2.13. The Hall–Kier alpha value is -5.66. The molecule has 1 nitrogen and oxygen atoms in total. The summed E-state index contributed by atoms with van der Waals surface area (Å²) in [4.78, 5) is 0. The first-order valence-electron chi connectivity index (χ1n) is 25.7. The van der Waals surface area contributed by atoms with E-state index in [0.717, 1.165) is 0 Å². The van der Waals surface area contributed by atoms with Gasteiger partial charge in [0, 0.05) is 10.8 Å². The van der Waals surface area contributed by atoms with Gasteiger partial charge in [-0.2, -0.15) is 0 Å². The fraction of sp³-hybridized carbons (Fsp3) is 0. The van der Waals surface area contributed by atoms with E-state index >= 15 is 0 Å². The van der Waals surface area contributed by atoms with Crippen molar-refractivity contribution in [3.63, 3.8) is 0 Å². The summed E-state index contributed by atoms with van der Waals surface area (Å²) in [5, 5.41) is -5.01. The Morgan fingerprint density at radius 2 is 0.953 bits per heavy atom. The molecule has 9 rings (SSSR count). The van der Waals surface area contributed by atoms with Crippen molar-refractivity contribution in [2.75, 3.05) is 0 Å². The zero-order valence-corrected chi connectivity index (χ0v) is 21.4. The van der Waals surface area contributed by atoms with Gasteiger partial charge < -0.3 is 4.42 Å². The summed E-state index contributed by atoms with van der Waals surface area (Å²) in [7, 11) is 0. The van der Waals surface area contributed by atoms with Crippen LogP contribution in [0.3, 0.4) is 0 Å². The first kappa shape index (κ1) is 9.69. The van der Waals surface area contributed by atoms with E-state index in [1.54, 1.807) is 0 Å². The molecule has 0 fully saturated rings. The normalized spacial score (nSPS) is 20.2. The van der Waals surface area contributed by atoms with Crippen molar-refractivity contribution in [1.82, 2.24) is 0 Å². The molecule has 43 heavy (non-hydrogen) atoms. The molecule has 0 radical (unpaired) electrons. The maximum atomic E-state index is 9.66. The lowest BCUT2D eigenvalue weighted by atomic mass is 9.84. The van der Waals surface area contributed by atoms with E-state index in [1.165, 1.54) is 0 Å². The zero-order chi connectivity index (χ0) is 51.0. The summed E-state index contributed by atoms with van der Waals surface area (Å²) in [6.07, 6.45) is 0. The van der Waals surface area contributed by atoms with E-state index in [4.69, 9.17) is 27.7 Å². The van der Waals surface area contributed by atoms with Gasteiger partial charge in [-0.3, -0.25) is 0 Å². The van der Waals surface area contributed by atoms with Crippen LogP contribution in [0.2, 0.25) is 0 Å². The van der Waals surface area contributed by atoms with Crippen molar-refractivity contribution in [3.8, 4) is 33.4 Å². The van der Waals surface area contributed by atoms with Crippen LogP contribution in [0.5, 0.6) is 0 Å². The molecule has 0 atom stereocenters. The molecule has 1 aromatic heterocycles. The van der Waals surface area contributed by atoms with Crippen molar-refractivity contribution < 1.29 is 40.1 Å². The fourth-order valence-electron chi connectivity index (χ4n) is 5.14.